The SMILES string of the molecule is COCCN(C)c1cc(C(=O)CN2Cc3cc(OC)c(OC)c(F)c3C2=N)cc(C(C)(C)C)c1OC. The van der Waals surface area contributed by atoms with Gasteiger partial charge in [-0.2, -0.15) is 0 Å². The lowest BCUT2D eigenvalue weighted by atomic mass is 9.84. The molecule has 0 unspecified atom stereocenters. The van der Waals surface area contributed by atoms with Gasteiger partial charge >= 0.3 is 0 Å². The zero-order chi connectivity index (χ0) is 26.8. The summed E-state index contributed by atoms with van der Waals surface area (Å²) in [6.07, 6.45) is 0. The molecule has 0 atom stereocenters. The number of hydrogen-bond donors (Lipinski definition) is 1. The van der Waals surface area contributed by atoms with Gasteiger partial charge in [0.15, 0.2) is 23.1 Å². The minimum atomic E-state index is -0.659. The molecule has 9 heteroatoms. The summed E-state index contributed by atoms with van der Waals surface area (Å²) < 4.78 is 36.5. The molecule has 8 nitrogen and oxygen atoms in total. The van der Waals surface area contributed by atoms with E-state index in [0.717, 1.165) is 11.3 Å². The Hall–Kier alpha value is -3.33. The smallest absolute Gasteiger partial charge is 0.197 e. The zero-order valence-corrected chi connectivity index (χ0v) is 22.4. The van der Waals surface area contributed by atoms with E-state index >= 15 is 4.39 Å². The van der Waals surface area contributed by atoms with Gasteiger partial charge in [-0.15, -0.1) is 0 Å². The van der Waals surface area contributed by atoms with Gasteiger partial charge in [-0.25, -0.2) is 4.39 Å². The lowest BCUT2D eigenvalue weighted by molar-refractivity contribution is 0.0962. The number of rotatable bonds is 10. The zero-order valence-electron chi connectivity index (χ0n) is 22.4. The molecule has 0 radical (unpaired) electrons. The molecule has 1 aliphatic rings. The maximum atomic E-state index is 15.1. The number of ketones is 1. The molecule has 2 aromatic rings. The molecular formula is C27H36FN3O5. The Kier molecular flexibility index (Phi) is 8.13. The molecular weight excluding hydrogens is 465 g/mol. The van der Waals surface area contributed by atoms with Crippen LogP contribution in [0.5, 0.6) is 17.2 Å². The number of hydrogen-bond acceptors (Lipinski definition) is 7. The van der Waals surface area contributed by atoms with Gasteiger partial charge in [0.25, 0.3) is 0 Å². The topological polar surface area (TPSA) is 84.3 Å². The summed E-state index contributed by atoms with van der Waals surface area (Å²) in [5.74, 6) is 0.0140. The molecule has 0 aromatic heterocycles. The van der Waals surface area contributed by atoms with E-state index in [4.69, 9.17) is 24.4 Å². The van der Waals surface area contributed by atoms with Gasteiger partial charge in [0, 0.05) is 38.4 Å². The van der Waals surface area contributed by atoms with Crippen molar-refractivity contribution in [3.8, 4) is 17.2 Å². The molecule has 36 heavy (non-hydrogen) atoms. The number of ether oxygens (including phenoxy) is 4. The third-order valence-corrected chi connectivity index (χ3v) is 6.39. The number of carbonyl (C=O) groups excluding carboxylic acids is 1. The first-order chi connectivity index (χ1) is 17.0. The molecule has 1 aliphatic heterocycles. The number of methoxy groups -OCH3 is 4. The molecule has 0 bridgehead atoms. The van der Waals surface area contributed by atoms with Gasteiger partial charge in [0.1, 0.15) is 11.6 Å². The molecule has 0 amide bonds. The van der Waals surface area contributed by atoms with Gasteiger partial charge in [-0.05, 0) is 29.2 Å². The van der Waals surface area contributed by atoms with E-state index in [1.807, 2.05) is 24.1 Å². The first-order valence-corrected chi connectivity index (χ1v) is 11.7. The van der Waals surface area contributed by atoms with Crippen LogP contribution >= 0.6 is 0 Å². The van der Waals surface area contributed by atoms with Gasteiger partial charge in [-0.1, -0.05) is 20.8 Å². The lowest BCUT2D eigenvalue weighted by Crippen LogP contribution is -2.31. The van der Waals surface area contributed by atoms with Crippen LogP contribution < -0.4 is 19.1 Å². The Labute approximate surface area is 212 Å². The van der Waals surface area contributed by atoms with Crippen LogP contribution in [-0.4, -0.2) is 71.7 Å². The Morgan fingerprint density at radius 3 is 2.31 bits per heavy atom. The summed E-state index contributed by atoms with van der Waals surface area (Å²) in [6, 6.07) is 5.32. The number of Topliss-reactive ketones (excluding diaryl/α,β-unsaturated/α-hetero) is 1. The van der Waals surface area contributed by atoms with Crippen LogP contribution in [0.3, 0.4) is 0 Å². The number of likely N-dealkylation sites (N-methyl/N-ethyl adjacent to an activating group) is 1. The molecule has 0 fully saturated rings. The third-order valence-electron chi connectivity index (χ3n) is 6.39. The van der Waals surface area contributed by atoms with Crippen molar-refractivity contribution in [2.24, 2.45) is 0 Å². The maximum Gasteiger partial charge on any atom is 0.197 e. The Bertz CT molecular complexity index is 1160. The van der Waals surface area contributed by atoms with E-state index < -0.39 is 5.82 Å². The van der Waals surface area contributed by atoms with Crippen molar-refractivity contribution in [2.75, 3.05) is 60.1 Å². The number of amidine groups is 1. The van der Waals surface area contributed by atoms with Crippen molar-refractivity contribution < 1.29 is 28.1 Å². The summed E-state index contributed by atoms with van der Waals surface area (Å²) in [6.45, 7) is 7.47. The van der Waals surface area contributed by atoms with Gasteiger partial charge in [0.2, 0.25) is 0 Å². The highest BCUT2D eigenvalue weighted by molar-refractivity contribution is 6.06. The van der Waals surface area contributed by atoms with Crippen LogP contribution in [0.1, 0.15) is 47.8 Å². The van der Waals surface area contributed by atoms with Crippen LogP contribution in [0.15, 0.2) is 18.2 Å². The largest absolute Gasteiger partial charge is 0.494 e. The molecule has 0 saturated heterocycles. The van der Waals surface area contributed by atoms with E-state index in [0.29, 0.717) is 30.0 Å². The van der Waals surface area contributed by atoms with Crippen LogP contribution in [0.25, 0.3) is 0 Å². The van der Waals surface area contributed by atoms with E-state index in [1.54, 1.807) is 25.2 Å². The summed E-state index contributed by atoms with van der Waals surface area (Å²) >= 11 is 0. The number of anilines is 1. The molecule has 0 spiro atoms. The van der Waals surface area contributed by atoms with Crippen LogP contribution in [-0.2, 0) is 16.7 Å². The first-order valence-electron chi connectivity index (χ1n) is 11.7. The molecule has 2 aromatic carbocycles. The van der Waals surface area contributed by atoms with E-state index in [-0.39, 0.29) is 47.2 Å². The predicted molar refractivity (Wildman–Crippen MR) is 138 cm³/mol. The van der Waals surface area contributed by atoms with Crippen molar-refractivity contribution in [3.63, 3.8) is 0 Å². The number of carbonyl (C=O) groups is 1. The molecule has 0 saturated carbocycles. The van der Waals surface area contributed by atoms with Crippen molar-refractivity contribution in [3.05, 3.63) is 46.3 Å². The van der Waals surface area contributed by atoms with Crippen LogP contribution in [0, 0.1) is 11.2 Å². The van der Waals surface area contributed by atoms with Crippen LogP contribution in [0.2, 0.25) is 0 Å². The molecule has 3 rings (SSSR count). The second-order valence-corrected chi connectivity index (χ2v) is 9.83. The van der Waals surface area contributed by atoms with Crippen molar-refractivity contribution in [2.45, 2.75) is 32.7 Å². The third kappa shape index (κ3) is 5.11. The Morgan fingerprint density at radius 2 is 1.75 bits per heavy atom. The van der Waals surface area contributed by atoms with Gasteiger partial charge in [0.05, 0.1) is 45.7 Å². The number of halogens is 1. The predicted octanol–water partition coefficient (Wildman–Crippen LogP) is 4.26. The van der Waals surface area contributed by atoms with Crippen LogP contribution in [0.4, 0.5) is 10.1 Å². The average Bonchev–Trinajstić information content (AvgIpc) is 3.15. The van der Waals surface area contributed by atoms with Gasteiger partial charge in [-0.3, -0.25) is 10.2 Å². The summed E-state index contributed by atoms with van der Waals surface area (Å²) in [5, 5.41) is 8.57. The molecule has 1 N–H and O–H groups in total. The summed E-state index contributed by atoms with van der Waals surface area (Å²) in [5.41, 5.74) is 2.60. The standard InChI is InChI=1S/C27H36FN3O5/c1-27(2,3)18-11-16(12-19(24(18)35-7)30(4)9-10-33-5)20(32)15-31-14-17-13-21(34-6)25(36-8)23(28)22(17)26(31)29/h11-13,29H,9-10,14-15H2,1-8H3. The van der Waals surface area contributed by atoms with E-state index in [9.17, 15) is 4.79 Å². The fourth-order valence-electron chi connectivity index (χ4n) is 4.40. The highest BCUT2D eigenvalue weighted by Crippen LogP contribution is 2.41. The molecule has 0 aliphatic carbocycles. The number of benzene rings is 2. The number of fused-ring (bicyclic) bond motifs is 1. The Morgan fingerprint density at radius 1 is 1.08 bits per heavy atom. The number of nitrogens with zero attached hydrogens (tertiary/aromatic N) is 2. The average molecular weight is 502 g/mol. The van der Waals surface area contributed by atoms with E-state index in [2.05, 4.69) is 20.8 Å². The summed E-state index contributed by atoms with van der Waals surface area (Å²) in [7, 11) is 7.98. The molecule has 196 valence electrons. The second-order valence-electron chi connectivity index (χ2n) is 9.83. The lowest BCUT2D eigenvalue weighted by Gasteiger charge is -2.29. The highest BCUT2D eigenvalue weighted by Gasteiger charge is 2.33. The number of nitrogens with one attached hydrogen (secondary N) is 1. The minimum Gasteiger partial charge on any atom is -0.494 e. The van der Waals surface area contributed by atoms with Crippen molar-refractivity contribution >= 4 is 17.3 Å². The second kappa shape index (κ2) is 10.7. The first kappa shape index (κ1) is 27.3. The normalized spacial score (nSPS) is 13.0. The Balaban J connectivity index is 1.97. The fourth-order valence-corrected chi connectivity index (χ4v) is 4.40. The van der Waals surface area contributed by atoms with Crippen molar-refractivity contribution in [1.82, 2.24) is 4.90 Å². The van der Waals surface area contributed by atoms with Crippen molar-refractivity contribution in [1.29, 1.82) is 5.41 Å². The highest BCUT2D eigenvalue weighted by atomic mass is 19.1. The minimum absolute atomic E-state index is 0.0529. The molecule has 1 heterocycles. The summed E-state index contributed by atoms with van der Waals surface area (Å²) in [4.78, 5) is 17.1. The quantitative estimate of drug-likeness (QED) is 0.487. The monoisotopic (exact) mass is 501 g/mol. The maximum absolute atomic E-state index is 15.1. The van der Waals surface area contributed by atoms with E-state index in [1.165, 1.54) is 14.2 Å². The fraction of sp³-hybridized carbons (Fsp3) is 0.481. The van der Waals surface area contributed by atoms with Gasteiger partial charge < -0.3 is 28.7 Å².